The smallest absolute Gasteiger partial charge is 0.137 e. The number of nitrogens with two attached hydrogens (primary N) is 1. The molecule has 0 atom stereocenters. The Morgan fingerprint density at radius 1 is 1.20 bits per heavy atom. The van der Waals surface area contributed by atoms with Crippen LogP contribution in [-0.2, 0) is 4.74 Å². The first-order valence-corrected chi connectivity index (χ1v) is 9.24. The van der Waals surface area contributed by atoms with Gasteiger partial charge in [-0.2, -0.15) is 0 Å². The lowest BCUT2D eigenvalue weighted by molar-refractivity contribution is -0.0592. The van der Waals surface area contributed by atoms with Gasteiger partial charge in [-0.05, 0) is 49.8 Å². The maximum atomic E-state index is 5.92. The molecular weight excluding hydrogens is 314 g/mol. The van der Waals surface area contributed by atoms with Gasteiger partial charge in [0.25, 0.3) is 0 Å². The van der Waals surface area contributed by atoms with Gasteiger partial charge in [0.05, 0.1) is 11.6 Å². The molecule has 0 radical (unpaired) electrons. The largest absolute Gasteiger partial charge is 0.399 e. The maximum absolute atomic E-state index is 5.92. The number of aromatic nitrogens is 2. The van der Waals surface area contributed by atoms with Crippen molar-refractivity contribution in [3.05, 3.63) is 24.5 Å². The summed E-state index contributed by atoms with van der Waals surface area (Å²) in [4.78, 5) is 11.3. The molecule has 6 nitrogen and oxygen atoms in total. The molecule has 2 aromatic rings. The van der Waals surface area contributed by atoms with Crippen molar-refractivity contribution in [1.29, 1.82) is 0 Å². The number of benzene rings is 1. The van der Waals surface area contributed by atoms with E-state index in [1.54, 1.807) is 6.33 Å². The highest BCUT2D eigenvalue weighted by atomic mass is 16.5. The van der Waals surface area contributed by atoms with Crippen molar-refractivity contribution >= 4 is 22.4 Å². The average Bonchev–Trinajstić information content (AvgIpc) is 2.60. The lowest BCUT2D eigenvalue weighted by atomic mass is 9.84. The van der Waals surface area contributed by atoms with Crippen LogP contribution >= 0.6 is 0 Å². The van der Waals surface area contributed by atoms with Gasteiger partial charge in [0.2, 0.25) is 0 Å². The number of nitrogens with one attached hydrogen (secondary N) is 1. The van der Waals surface area contributed by atoms with Crippen LogP contribution in [-0.4, -0.2) is 53.8 Å². The minimum atomic E-state index is 0.456. The first-order chi connectivity index (χ1) is 12.2. The minimum Gasteiger partial charge on any atom is -0.399 e. The molecule has 1 aromatic heterocycles. The summed E-state index contributed by atoms with van der Waals surface area (Å²) in [6.45, 7) is 3.19. The molecule has 0 amide bonds. The standard InChI is InChI=1S/C19H27N5O/c1-25-16-10-24(11-16)15-5-2-13(3-6-15)9-21-19-17-8-14(20)4-7-18(17)22-12-23-19/h4,7-8,12-13,15-16H,2-3,5-6,9-11,20H2,1H3,(H,21,22,23). The molecule has 1 aliphatic carbocycles. The number of nitrogens with zero attached hydrogens (tertiary/aromatic N) is 3. The second-order valence-corrected chi connectivity index (χ2v) is 7.37. The van der Waals surface area contributed by atoms with Crippen molar-refractivity contribution in [3.63, 3.8) is 0 Å². The number of ether oxygens (including phenoxy) is 1. The first kappa shape index (κ1) is 16.5. The second kappa shape index (κ2) is 7.14. The van der Waals surface area contributed by atoms with Crippen molar-refractivity contribution < 1.29 is 4.74 Å². The van der Waals surface area contributed by atoms with Crippen LogP contribution in [0.5, 0.6) is 0 Å². The number of methoxy groups -OCH3 is 1. The van der Waals surface area contributed by atoms with Crippen LogP contribution in [0.25, 0.3) is 10.9 Å². The molecule has 1 aliphatic heterocycles. The molecule has 134 valence electrons. The van der Waals surface area contributed by atoms with Crippen molar-refractivity contribution in [2.24, 2.45) is 5.92 Å². The summed E-state index contributed by atoms with van der Waals surface area (Å²) in [5, 5.41) is 4.53. The number of anilines is 2. The van der Waals surface area contributed by atoms with E-state index in [-0.39, 0.29) is 0 Å². The van der Waals surface area contributed by atoms with Crippen molar-refractivity contribution in [3.8, 4) is 0 Å². The Hall–Kier alpha value is -1.92. The fraction of sp³-hybridized carbons (Fsp3) is 0.579. The normalized spacial score (nSPS) is 25.0. The van der Waals surface area contributed by atoms with Crippen molar-refractivity contribution in [2.45, 2.75) is 37.8 Å². The Bertz CT molecular complexity index is 723. The highest BCUT2D eigenvalue weighted by Crippen LogP contribution is 2.31. The topological polar surface area (TPSA) is 76.3 Å². The van der Waals surface area contributed by atoms with Crippen LogP contribution in [0.3, 0.4) is 0 Å². The third kappa shape index (κ3) is 3.55. The monoisotopic (exact) mass is 341 g/mol. The molecule has 0 unspecified atom stereocenters. The number of fused-ring (bicyclic) bond motifs is 1. The van der Waals surface area contributed by atoms with Gasteiger partial charge in [-0.25, -0.2) is 9.97 Å². The molecule has 25 heavy (non-hydrogen) atoms. The van der Waals surface area contributed by atoms with Crippen LogP contribution < -0.4 is 11.1 Å². The van der Waals surface area contributed by atoms with E-state index in [0.717, 1.165) is 48.1 Å². The van der Waals surface area contributed by atoms with Crippen LogP contribution in [0.15, 0.2) is 24.5 Å². The highest BCUT2D eigenvalue weighted by molar-refractivity contribution is 5.91. The van der Waals surface area contributed by atoms with Crippen LogP contribution in [0.2, 0.25) is 0 Å². The Labute approximate surface area is 148 Å². The van der Waals surface area contributed by atoms with Gasteiger partial charge >= 0.3 is 0 Å². The van der Waals surface area contributed by atoms with Gasteiger partial charge in [0.1, 0.15) is 12.1 Å². The summed E-state index contributed by atoms with van der Waals surface area (Å²) >= 11 is 0. The molecule has 4 rings (SSSR count). The summed E-state index contributed by atoms with van der Waals surface area (Å²) < 4.78 is 5.39. The van der Waals surface area contributed by atoms with Gasteiger partial charge in [0, 0.05) is 43.9 Å². The Morgan fingerprint density at radius 3 is 2.76 bits per heavy atom. The Balaban J connectivity index is 1.31. The SMILES string of the molecule is COC1CN(C2CCC(CNc3ncnc4ccc(N)cc34)CC2)C1. The molecule has 1 saturated heterocycles. The summed E-state index contributed by atoms with van der Waals surface area (Å²) in [7, 11) is 1.81. The van der Waals surface area contributed by atoms with Gasteiger partial charge in [-0.15, -0.1) is 0 Å². The lowest BCUT2D eigenvalue weighted by Gasteiger charge is -2.46. The van der Waals surface area contributed by atoms with Crippen LogP contribution in [0.4, 0.5) is 11.5 Å². The third-order valence-corrected chi connectivity index (χ3v) is 5.76. The van der Waals surface area contributed by atoms with E-state index >= 15 is 0 Å². The van der Waals surface area contributed by atoms with Crippen molar-refractivity contribution in [2.75, 3.05) is 37.8 Å². The van der Waals surface area contributed by atoms with Gasteiger partial charge < -0.3 is 15.8 Å². The van der Waals surface area contributed by atoms with Crippen molar-refractivity contribution in [1.82, 2.24) is 14.9 Å². The Morgan fingerprint density at radius 2 is 2.00 bits per heavy atom. The second-order valence-electron chi connectivity index (χ2n) is 7.37. The van der Waals surface area contributed by atoms with Crippen LogP contribution in [0, 0.1) is 5.92 Å². The summed E-state index contributed by atoms with van der Waals surface area (Å²) in [5.74, 6) is 1.60. The van der Waals surface area contributed by atoms with E-state index < -0.39 is 0 Å². The first-order valence-electron chi connectivity index (χ1n) is 9.24. The molecule has 0 spiro atoms. The predicted molar refractivity (Wildman–Crippen MR) is 101 cm³/mol. The van der Waals surface area contributed by atoms with Gasteiger partial charge in [-0.3, -0.25) is 4.90 Å². The molecule has 1 aromatic carbocycles. The molecule has 3 N–H and O–H groups in total. The van der Waals surface area contributed by atoms with E-state index in [1.807, 2.05) is 25.3 Å². The van der Waals surface area contributed by atoms with E-state index in [4.69, 9.17) is 10.5 Å². The van der Waals surface area contributed by atoms with E-state index in [2.05, 4.69) is 20.2 Å². The molecular formula is C19H27N5O. The molecule has 6 heteroatoms. The van der Waals surface area contributed by atoms with E-state index in [9.17, 15) is 0 Å². The zero-order valence-corrected chi connectivity index (χ0v) is 14.8. The molecule has 0 bridgehead atoms. The molecule has 2 aliphatic rings. The van der Waals surface area contributed by atoms with Gasteiger partial charge in [0.15, 0.2) is 0 Å². The highest BCUT2D eigenvalue weighted by Gasteiger charge is 2.34. The van der Waals surface area contributed by atoms with E-state index in [1.165, 1.54) is 25.7 Å². The fourth-order valence-corrected chi connectivity index (χ4v) is 4.09. The van der Waals surface area contributed by atoms with Gasteiger partial charge in [-0.1, -0.05) is 0 Å². The fourth-order valence-electron chi connectivity index (χ4n) is 4.09. The molecule has 2 heterocycles. The van der Waals surface area contributed by atoms with Crippen LogP contribution in [0.1, 0.15) is 25.7 Å². The molecule has 2 fully saturated rings. The maximum Gasteiger partial charge on any atom is 0.137 e. The zero-order valence-electron chi connectivity index (χ0n) is 14.8. The minimum absolute atomic E-state index is 0.456. The number of hydrogen-bond acceptors (Lipinski definition) is 6. The predicted octanol–water partition coefficient (Wildman–Crippen LogP) is 2.51. The lowest BCUT2D eigenvalue weighted by Crippen LogP contribution is -2.56. The molecule has 1 saturated carbocycles. The number of nitrogen functional groups attached to an aromatic ring is 1. The summed E-state index contributed by atoms with van der Waals surface area (Å²) in [6, 6.07) is 6.53. The number of rotatable bonds is 5. The average molecular weight is 341 g/mol. The zero-order chi connectivity index (χ0) is 17.2. The third-order valence-electron chi connectivity index (χ3n) is 5.76. The number of likely N-dealkylation sites (tertiary alicyclic amines) is 1. The quantitative estimate of drug-likeness (QED) is 0.814. The summed E-state index contributed by atoms with van der Waals surface area (Å²) in [5.41, 5.74) is 7.59. The van der Waals surface area contributed by atoms with E-state index in [0.29, 0.717) is 12.0 Å². The summed E-state index contributed by atoms with van der Waals surface area (Å²) in [6.07, 6.45) is 7.21. The number of hydrogen-bond donors (Lipinski definition) is 2. The Kier molecular flexibility index (Phi) is 4.72.